The molecule has 174 valence electrons. The van der Waals surface area contributed by atoms with E-state index >= 15 is 0 Å². The fraction of sp³-hybridized carbons (Fsp3) is 0.276. The van der Waals surface area contributed by atoms with E-state index in [9.17, 15) is 13.2 Å². The molecule has 0 saturated heterocycles. The molecule has 3 aromatic carbocycles. The van der Waals surface area contributed by atoms with Crippen LogP contribution in [0.4, 0.5) is 0 Å². The zero-order valence-corrected chi connectivity index (χ0v) is 20.7. The number of aryl methyl sites for hydroxylation is 1. The van der Waals surface area contributed by atoms with Crippen LogP contribution in [-0.2, 0) is 23.1 Å². The molecule has 1 aliphatic carbocycles. The molecule has 3 aromatic rings. The van der Waals surface area contributed by atoms with Gasteiger partial charge >= 0.3 is 0 Å². The van der Waals surface area contributed by atoms with Gasteiger partial charge in [-0.3, -0.25) is 4.79 Å². The largest absolute Gasteiger partial charge is 0.294 e. The van der Waals surface area contributed by atoms with Gasteiger partial charge in [0.15, 0.2) is 5.78 Å². The van der Waals surface area contributed by atoms with Crippen LogP contribution in [0.3, 0.4) is 0 Å². The minimum atomic E-state index is -3.68. The van der Waals surface area contributed by atoms with Crippen molar-refractivity contribution in [2.45, 2.75) is 57.5 Å². The second kappa shape index (κ2) is 8.64. The van der Waals surface area contributed by atoms with Crippen LogP contribution in [0, 0.1) is 6.92 Å². The summed E-state index contributed by atoms with van der Waals surface area (Å²) in [4.78, 5) is 13.7. The fourth-order valence-corrected chi connectivity index (χ4v) is 6.65. The van der Waals surface area contributed by atoms with E-state index in [0.717, 1.165) is 50.9 Å². The Morgan fingerprint density at radius 1 is 0.882 bits per heavy atom. The molecule has 1 heterocycles. The van der Waals surface area contributed by atoms with E-state index in [0.29, 0.717) is 17.9 Å². The van der Waals surface area contributed by atoms with Crippen molar-refractivity contribution < 1.29 is 13.2 Å². The maximum atomic E-state index is 13.6. The van der Waals surface area contributed by atoms with Gasteiger partial charge in [-0.25, -0.2) is 8.42 Å². The summed E-state index contributed by atoms with van der Waals surface area (Å²) in [6.07, 6.45) is 5.34. The Labute approximate surface area is 202 Å². The standard InChI is InChI=1S/C29H29NO3S/c1-19(2)27-23-11-7-8-12-26(31)29(23)28(21-9-5-4-6-10-21)25-18-30(17-24(25)27)34(32,33)22-15-13-20(3)14-16-22/h4-7,9-11,13-16,19H,8,12,17-18H2,1-3H3. The molecule has 0 aromatic heterocycles. The molecule has 0 spiro atoms. The van der Waals surface area contributed by atoms with E-state index in [1.165, 1.54) is 0 Å². The van der Waals surface area contributed by atoms with E-state index in [-0.39, 0.29) is 18.2 Å². The molecular formula is C29H29NO3S. The average Bonchev–Trinajstić information content (AvgIpc) is 3.18. The first-order valence-corrected chi connectivity index (χ1v) is 13.3. The van der Waals surface area contributed by atoms with E-state index in [1.54, 1.807) is 16.4 Å². The second-order valence-corrected chi connectivity index (χ2v) is 11.4. The van der Waals surface area contributed by atoms with Crippen molar-refractivity contribution in [1.82, 2.24) is 4.31 Å². The zero-order valence-electron chi connectivity index (χ0n) is 19.8. The third-order valence-electron chi connectivity index (χ3n) is 6.87. The van der Waals surface area contributed by atoms with E-state index in [1.807, 2.05) is 49.4 Å². The molecular weight excluding hydrogens is 442 g/mol. The first-order valence-electron chi connectivity index (χ1n) is 11.8. The van der Waals surface area contributed by atoms with Crippen LogP contribution in [0.25, 0.3) is 17.2 Å². The van der Waals surface area contributed by atoms with Gasteiger partial charge in [-0.15, -0.1) is 0 Å². The summed E-state index contributed by atoms with van der Waals surface area (Å²) < 4.78 is 28.8. The number of rotatable bonds is 4. The number of Topliss-reactive ketones (excluding diaryl/α,β-unsaturated/α-hetero) is 1. The molecule has 0 saturated carbocycles. The summed E-state index contributed by atoms with van der Waals surface area (Å²) in [6.45, 7) is 6.77. The highest BCUT2D eigenvalue weighted by Crippen LogP contribution is 2.45. The van der Waals surface area contributed by atoms with Gasteiger partial charge in [0.1, 0.15) is 0 Å². The summed E-state index contributed by atoms with van der Waals surface area (Å²) in [7, 11) is -3.68. The normalized spacial score (nSPS) is 15.9. The number of nitrogens with zero attached hydrogens (tertiary/aromatic N) is 1. The number of hydrogen-bond acceptors (Lipinski definition) is 3. The highest BCUT2D eigenvalue weighted by atomic mass is 32.2. The van der Waals surface area contributed by atoms with E-state index in [4.69, 9.17) is 0 Å². The molecule has 0 unspecified atom stereocenters. The van der Waals surface area contributed by atoms with Gasteiger partial charge < -0.3 is 0 Å². The number of carbonyl (C=O) groups is 1. The van der Waals surface area contributed by atoms with Gasteiger partial charge in [-0.05, 0) is 64.8 Å². The van der Waals surface area contributed by atoms with Crippen molar-refractivity contribution in [2.75, 3.05) is 0 Å². The number of hydrogen-bond donors (Lipinski definition) is 0. The lowest BCUT2D eigenvalue weighted by atomic mass is 9.80. The maximum absolute atomic E-state index is 13.6. The quantitative estimate of drug-likeness (QED) is 0.438. The Morgan fingerprint density at radius 3 is 2.24 bits per heavy atom. The van der Waals surface area contributed by atoms with Crippen LogP contribution in [0.5, 0.6) is 0 Å². The van der Waals surface area contributed by atoms with Crippen LogP contribution in [0.2, 0.25) is 0 Å². The average molecular weight is 472 g/mol. The molecule has 1 aliphatic heterocycles. The van der Waals surface area contributed by atoms with Crippen molar-refractivity contribution in [1.29, 1.82) is 0 Å². The monoisotopic (exact) mass is 471 g/mol. The first kappa shape index (κ1) is 22.8. The van der Waals surface area contributed by atoms with Crippen molar-refractivity contribution >= 4 is 21.9 Å². The number of ketones is 1. The minimum Gasteiger partial charge on any atom is -0.294 e. The van der Waals surface area contributed by atoms with Crippen molar-refractivity contribution in [3.63, 3.8) is 0 Å². The summed E-state index contributed by atoms with van der Waals surface area (Å²) in [5, 5.41) is 0. The number of benzene rings is 3. The predicted molar refractivity (Wildman–Crippen MR) is 136 cm³/mol. The number of fused-ring (bicyclic) bond motifs is 2. The van der Waals surface area contributed by atoms with Gasteiger partial charge in [0.25, 0.3) is 0 Å². The smallest absolute Gasteiger partial charge is 0.243 e. The molecule has 0 bridgehead atoms. The Bertz CT molecular complexity index is 1400. The Morgan fingerprint density at radius 2 is 1.56 bits per heavy atom. The number of sulfonamides is 1. The van der Waals surface area contributed by atoms with Crippen LogP contribution >= 0.6 is 0 Å². The predicted octanol–water partition coefficient (Wildman–Crippen LogP) is 6.48. The molecule has 34 heavy (non-hydrogen) atoms. The number of allylic oxidation sites excluding steroid dienone is 1. The zero-order chi connectivity index (χ0) is 24.0. The molecule has 0 radical (unpaired) electrons. The van der Waals surface area contributed by atoms with Crippen LogP contribution in [-0.4, -0.2) is 18.5 Å². The van der Waals surface area contributed by atoms with Gasteiger partial charge in [0.05, 0.1) is 4.90 Å². The topological polar surface area (TPSA) is 54.5 Å². The summed E-state index contributed by atoms with van der Waals surface area (Å²) in [5.74, 6) is 0.285. The van der Waals surface area contributed by atoms with Gasteiger partial charge in [-0.1, -0.05) is 74.0 Å². The fourth-order valence-electron chi connectivity index (χ4n) is 5.28. The molecule has 4 nitrogen and oxygen atoms in total. The summed E-state index contributed by atoms with van der Waals surface area (Å²) >= 11 is 0. The molecule has 0 N–H and O–H groups in total. The molecule has 2 aliphatic rings. The lowest BCUT2D eigenvalue weighted by Gasteiger charge is -2.23. The third-order valence-corrected chi connectivity index (χ3v) is 8.68. The maximum Gasteiger partial charge on any atom is 0.243 e. The summed E-state index contributed by atoms with van der Waals surface area (Å²) in [6, 6.07) is 16.9. The highest BCUT2D eigenvalue weighted by Gasteiger charge is 2.37. The molecule has 0 fully saturated rings. The van der Waals surface area contributed by atoms with Gasteiger partial charge in [0, 0.05) is 25.1 Å². The van der Waals surface area contributed by atoms with Crippen LogP contribution < -0.4 is 0 Å². The third kappa shape index (κ3) is 3.73. The molecule has 0 atom stereocenters. The number of carbonyl (C=O) groups excluding carboxylic acids is 1. The first-order chi connectivity index (χ1) is 16.3. The van der Waals surface area contributed by atoms with Crippen molar-refractivity contribution in [2.24, 2.45) is 0 Å². The Balaban J connectivity index is 1.76. The minimum absolute atomic E-state index is 0.128. The Kier molecular flexibility index (Phi) is 5.78. The highest BCUT2D eigenvalue weighted by molar-refractivity contribution is 7.89. The molecule has 0 amide bonds. The van der Waals surface area contributed by atoms with E-state index < -0.39 is 10.0 Å². The summed E-state index contributed by atoms with van der Waals surface area (Å²) in [5.41, 5.74) is 7.69. The lowest BCUT2D eigenvalue weighted by Crippen LogP contribution is -2.25. The second-order valence-electron chi connectivity index (χ2n) is 9.51. The van der Waals surface area contributed by atoms with Gasteiger partial charge in [-0.2, -0.15) is 4.31 Å². The Hall–Kier alpha value is -3.02. The molecule has 5 rings (SSSR count). The van der Waals surface area contributed by atoms with Gasteiger partial charge in [0.2, 0.25) is 10.0 Å². The lowest BCUT2D eigenvalue weighted by molar-refractivity contribution is 0.0984. The van der Waals surface area contributed by atoms with E-state index in [2.05, 4.69) is 26.0 Å². The van der Waals surface area contributed by atoms with Crippen LogP contribution in [0.1, 0.15) is 70.8 Å². The van der Waals surface area contributed by atoms with Crippen molar-refractivity contribution in [3.8, 4) is 11.1 Å². The molecule has 5 heteroatoms. The SMILES string of the molecule is Cc1ccc(S(=O)(=O)N2Cc3c(c(C(C)C)c4c(c3-c3ccccc3)C(=O)CCC=C4)C2)cc1. The van der Waals surface area contributed by atoms with Crippen LogP contribution in [0.15, 0.2) is 65.6 Å². The van der Waals surface area contributed by atoms with Crippen molar-refractivity contribution in [3.05, 3.63) is 94.1 Å².